The standard InChI is InChI=1S/C23H19NO/c1-15-11-12-17-20(13-15)24-23-18-9-5-6-10-21(18)25-14-19(23)22(17)16-7-3-2-4-8-16/h2-13,22,24H,14H2,1H3. The number of hydrogen-bond acceptors (Lipinski definition) is 2. The second-order valence-electron chi connectivity index (χ2n) is 6.74. The first-order valence-corrected chi connectivity index (χ1v) is 8.69. The number of nitrogens with one attached hydrogen (secondary N) is 1. The molecule has 3 aromatic carbocycles. The number of fused-ring (bicyclic) bond motifs is 3. The van der Waals surface area contributed by atoms with E-state index >= 15 is 0 Å². The maximum absolute atomic E-state index is 6.09. The van der Waals surface area contributed by atoms with Crippen LogP contribution in [-0.4, -0.2) is 6.61 Å². The second-order valence-corrected chi connectivity index (χ2v) is 6.74. The van der Waals surface area contributed by atoms with Gasteiger partial charge >= 0.3 is 0 Å². The van der Waals surface area contributed by atoms with Gasteiger partial charge in [0.15, 0.2) is 0 Å². The Balaban J connectivity index is 1.77. The van der Waals surface area contributed by atoms with Crippen LogP contribution in [0.2, 0.25) is 0 Å². The molecule has 2 nitrogen and oxygen atoms in total. The molecule has 2 heteroatoms. The Bertz CT molecular complexity index is 988. The van der Waals surface area contributed by atoms with Crippen molar-refractivity contribution in [1.82, 2.24) is 0 Å². The van der Waals surface area contributed by atoms with Gasteiger partial charge in [-0.2, -0.15) is 0 Å². The maximum atomic E-state index is 6.09. The van der Waals surface area contributed by atoms with Crippen molar-refractivity contribution >= 4 is 11.4 Å². The quantitative estimate of drug-likeness (QED) is 0.650. The zero-order valence-corrected chi connectivity index (χ0v) is 14.1. The van der Waals surface area contributed by atoms with Gasteiger partial charge in [0.2, 0.25) is 0 Å². The Morgan fingerprint density at radius 2 is 1.72 bits per heavy atom. The normalized spacial score (nSPS) is 17.7. The first-order chi connectivity index (χ1) is 12.3. The topological polar surface area (TPSA) is 21.3 Å². The van der Waals surface area contributed by atoms with Crippen molar-refractivity contribution in [2.75, 3.05) is 11.9 Å². The molecule has 0 aliphatic carbocycles. The van der Waals surface area contributed by atoms with Crippen LogP contribution < -0.4 is 10.1 Å². The number of rotatable bonds is 1. The third kappa shape index (κ3) is 2.25. The molecule has 5 rings (SSSR count). The van der Waals surface area contributed by atoms with E-state index in [-0.39, 0.29) is 5.92 Å². The van der Waals surface area contributed by atoms with Gasteiger partial charge in [-0.05, 0) is 41.8 Å². The fourth-order valence-corrected chi connectivity index (χ4v) is 3.95. The molecule has 1 atom stereocenters. The van der Waals surface area contributed by atoms with Crippen molar-refractivity contribution in [2.45, 2.75) is 12.8 Å². The molecule has 0 bridgehead atoms. The predicted molar refractivity (Wildman–Crippen MR) is 102 cm³/mol. The molecule has 0 aromatic heterocycles. The third-order valence-electron chi connectivity index (χ3n) is 5.12. The molecule has 3 aromatic rings. The van der Waals surface area contributed by atoms with Crippen LogP contribution in [0.1, 0.15) is 28.2 Å². The molecule has 25 heavy (non-hydrogen) atoms. The molecule has 2 heterocycles. The Kier molecular flexibility index (Phi) is 3.17. The summed E-state index contributed by atoms with van der Waals surface area (Å²) in [5, 5.41) is 3.70. The molecule has 122 valence electrons. The van der Waals surface area contributed by atoms with Gasteiger partial charge in [-0.1, -0.05) is 54.6 Å². The van der Waals surface area contributed by atoms with Gasteiger partial charge < -0.3 is 10.1 Å². The fourth-order valence-electron chi connectivity index (χ4n) is 3.95. The molecule has 0 fully saturated rings. The molecule has 2 aliphatic rings. The highest BCUT2D eigenvalue weighted by atomic mass is 16.5. The molecule has 0 amide bonds. The molecule has 0 saturated carbocycles. The Hall–Kier alpha value is -3.00. The van der Waals surface area contributed by atoms with Crippen LogP contribution in [0.5, 0.6) is 5.75 Å². The van der Waals surface area contributed by atoms with E-state index in [4.69, 9.17) is 4.74 Å². The van der Waals surface area contributed by atoms with Crippen LogP contribution in [0, 0.1) is 6.92 Å². The van der Waals surface area contributed by atoms with Crippen LogP contribution in [0.4, 0.5) is 5.69 Å². The fraction of sp³-hybridized carbons (Fsp3) is 0.130. The van der Waals surface area contributed by atoms with Gasteiger partial charge in [-0.25, -0.2) is 0 Å². The van der Waals surface area contributed by atoms with E-state index in [1.807, 2.05) is 12.1 Å². The maximum Gasteiger partial charge on any atom is 0.129 e. The summed E-state index contributed by atoms with van der Waals surface area (Å²) >= 11 is 0. The predicted octanol–water partition coefficient (Wildman–Crippen LogP) is 5.36. The molecule has 1 unspecified atom stereocenters. The third-order valence-corrected chi connectivity index (χ3v) is 5.12. The summed E-state index contributed by atoms with van der Waals surface area (Å²) < 4.78 is 6.09. The minimum absolute atomic E-state index is 0.224. The first kappa shape index (κ1) is 14.4. The number of anilines is 1. The largest absolute Gasteiger partial charge is 0.488 e. The highest BCUT2D eigenvalue weighted by molar-refractivity contribution is 5.89. The van der Waals surface area contributed by atoms with E-state index in [2.05, 4.69) is 72.9 Å². The number of ether oxygens (including phenoxy) is 1. The number of para-hydroxylation sites is 1. The van der Waals surface area contributed by atoms with Gasteiger partial charge in [0.1, 0.15) is 12.4 Å². The van der Waals surface area contributed by atoms with Crippen molar-refractivity contribution in [2.24, 2.45) is 0 Å². The van der Waals surface area contributed by atoms with Crippen LogP contribution in [0.15, 0.2) is 78.4 Å². The van der Waals surface area contributed by atoms with Crippen molar-refractivity contribution in [1.29, 1.82) is 0 Å². The van der Waals surface area contributed by atoms with E-state index in [9.17, 15) is 0 Å². The van der Waals surface area contributed by atoms with Gasteiger partial charge in [-0.15, -0.1) is 0 Å². The van der Waals surface area contributed by atoms with Crippen LogP contribution in [-0.2, 0) is 0 Å². The molecule has 0 saturated heterocycles. The summed E-state index contributed by atoms with van der Waals surface area (Å²) in [6.45, 7) is 2.76. The summed E-state index contributed by atoms with van der Waals surface area (Å²) in [4.78, 5) is 0. The Labute approximate surface area is 147 Å². The molecular weight excluding hydrogens is 306 g/mol. The number of hydrogen-bond donors (Lipinski definition) is 1. The monoisotopic (exact) mass is 325 g/mol. The number of aryl methyl sites for hydroxylation is 1. The summed E-state index contributed by atoms with van der Waals surface area (Å²) in [5.41, 5.74) is 8.75. The minimum Gasteiger partial charge on any atom is -0.488 e. The zero-order valence-electron chi connectivity index (χ0n) is 14.1. The second kappa shape index (κ2) is 5.52. The lowest BCUT2D eigenvalue weighted by molar-refractivity contribution is 0.339. The van der Waals surface area contributed by atoms with Crippen molar-refractivity contribution in [3.8, 4) is 5.75 Å². The van der Waals surface area contributed by atoms with Gasteiger partial charge in [0.05, 0.1) is 5.70 Å². The molecule has 1 N–H and O–H groups in total. The molecule has 2 aliphatic heterocycles. The van der Waals surface area contributed by atoms with Gasteiger partial charge in [0.25, 0.3) is 0 Å². The summed E-state index contributed by atoms with van der Waals surface area (Å²) in [6, 6.07) is 25.7. The lowest BCUT2D eigenvalue weighted by Crippen LogP contribution is -2.25. The zero-order chi connectivity index (χ0) is 16.8. The van der Waals surface area contributed by atoms with Gasteiger partial charge in [-0.3, -0.25) is 0 Å². The summed E-state index contributed by atoms with van der Waals surface area (Å²) in [7, 11) is 0. The molecular formula is C23H19NO. The Morgan fingerprint density at radius 1 is 0.920 bits per heavy atom. The van der Waals surface area contributed by atoms with E-state index < -0.39 is 0 Å². The van der Waals surface area contributed by atoms with E-state index in [0.717, 1.165) is 11.3 Å². The van der Waals surface area contributed by atoms with E-state index in [1.165, 1.54) is 33.6 Å². The average Bonchev–Trinajstić information content (AvgIpc) is 2.66. The van der Waals surface area contributed by atoms with E-state index in [1.54, 1.807) is 0 Å². The lowest BCUT2D eigenvalue weighted by atomic mass is 9.79. The van der Waals surface area contributed by atoms with Gasteiger partial charge in [0, 0.05) is 22.7 Å². The van der Waals surface area contributed by atoms with Crippen LogP contribution in [0.25, 0.3) is 5.70 Å². The lowest BCUT2D eigenvalue weighted by Gasteiger charge is -2.36. The highest BCUT2D eigenvalue weighted by Gasteiger charge is 2.33. The smallest absolute Gasteiger partial charge is 0.129 e. The first-order valence-electron chi connectivity index (χ1n) is 8.69. The number of benzene rings is 3. The molecule has 0 radical (unpaired) electrons. The van der Waals surface area contributed by atoms with Crippen LogP contribution in [0.3, 0.4) is 0 Å². The van der Waals surface area contributed by atoms with Crippen molar-refractivity contribution in [3.05, 3.63) is 101 Å². The molecule has 0 spiro atoms. The minimum atomic E-state index is 0.224. The average molecular weight is 325 g/mol. The van der Waals surface area contributed by atoms with Crippen molar-refractivity contribution in [3.63, 3.8) is 0 Å². The summed E-state index contributed by atoms with van der Waals surface area (Å²) in [6.07, 6.45) is 0. The highest BCUT2D eigenvalue weighted by Crippen LogP contribution is 2.47. The van der Waals surface area contributed by atoms with Crippen molar-refractivity contribution < 1.29 is 4.74 Å². The SMILES string of the molecule is Cc1ccc2c(c1)NC1=C(COc3ccccc31)C2c1ccccc1. The summed E-state index contributed by atoms with van der Waals surface area (Å²) in [5.74, 6) is 1.18. The van der Waals surface area contributed by atoms with Crippen LogP contribution >= 0.6 is 0 Å². The Morgan fingerprint density at radius 3 is 2.60 bits per heavy atom. The van der Waals surface area contributed by atoms with E-state index in [0.29, 0.717) is 6.61 Å².